The van der Waals surface area contributed by atoms with Crippen LogP contribution in [0.15, 0.2) is 30.5 Å². The topological polar surface area (TPSA) is 96.9 Å². The number of rotatable bonds is 8. The molecule has 5 rings (SSSR count). The molecule has 0 atom stereocenters. The van der Waals surface area contributed by atoms with E-state index >= 15 is 0 Å². The molecule has 38 heavy (non-hydrogen) atoms. The van der Waals surface area contributed by atoms with Crippen LogP contribution in [0.2, 0.25) is 0 Å². The van der Waals surface area contributed by atoms with Crippen LogP contribution in [-0.4, -0.2) is 81.0 Å². The number of aromatic nitrogens is 2. The van der Waals surface area contributed by atoms with Crippen LogP contribution >= 0.6 is 0 Å². The van der Waals surface area contributed by atoms with Crippen molar-refractivity contribution in [1.29, 1.82) is 0 Å². The molecule has 1 aromatic heterocycles. The fourth-order valence-corrected chi connectivity index (χ4v) is 6.48. The van der Waals surface area contributed by atoms with E-state index in [1.54, 1.807) is 4.31 Å². The van der Waals surface area contributed by atoms with Gasteiger partial charge in [-0.2, -0.15) is 4.98 Å². The van der Waals surface area contributed by atoms with Crippen molar-refractivity contribution in [3.8, 4) is 17.0 Å². The molecular weight excluding hydrogens is 502 g/mol. The predicted octanol–water partition coefficient (Wildman–Crippen LogP) is 4.02. The Morgan fingerprint density at radius 2 is 1.68 bits per heavy atom. The summed E-state index contributed by atoms with van der Waals surface area (Å²) in [5.41, 5.74) is 3.07. The summed E-state index contributed by atoms with van der Waals surface area (Å²) in [5.74, 6) is 2.26. The largest absolute Gasteiger partial charge is 0.477 e. The van der Waals surface area contributed by atoms with E-state index in [0.29, 0.717) is 37.6 Å². The van der Waals surface area contributed by atoms with Gasteiger partial charge in [0.05, 0.1) is 31.6 Å². The van der Waals surface area contributed by atoms with Gasteiger partial charge in [0.25, 0.3) is 0 Å². The molecule has 9 nitrogen and oxygen atoms in total. The lowest BCUT2D eigenvalue weighted by atomic mass is 9.87. The molecule has 0 amide bonds. The molecule has 208 valence electrons. The summed E-state index contributed by atoms with van der Waals surface area (Å²) in [4.78, 5) is 11.8. The number of sulfonamides is 1. The predicted molar refractivity (Wildman–Crippen MR) is 150 cm³/mol. The molecule has 0 unspecified atom stereocenters. The van der Waals surface area contributed by atoms with E-state index in [-0.39, 0.29) is 5.92 Å². The SMILES string of the molecule is CC1CCC(Nc2ncc(-c3ccc(N4CCOCC4)cc3)c(OCC3CCN(S(C)(=O)=O)CC3)n2)CC1. The minimum absolute atomic E-state index is 0.288. The lowest BCUT2D eigenvalue weighted by Gasteiger charge is -2.30. The highest BCUT2D eigenvalue weighted by Gasteiger charge is 2.26. The van der Waals surface area contributed by atoms with Crippen LogP contribution in [0.25, 0.3) is 11.1 Å². The van der Waals surface area contributed by atoms with Crippen LogP contribution < -0.4 is 15.0 Å². The van der Waals surface area contributed by atoms with Crippen LogP contribution in [0.4, 0.5) is 11.6 Å². The van der Waals surface area contributed by atoms with Gasteiger partial charge in [0.15, 0.2) is 0 Å². The molecule has 1 saturated carbocycles. The molecule has 1 aromatic carbocycles. The first-order chi connectivity index (χ1) is 18.3. The number of nitrogens with one attached hydrogen (secondary N) is 1. The molecule has 0 spiro atoms. The maximum absolute atomic E-state index is 11.9. The number of ether oxygens (including phenoxy) is 2. The molecule has 3 heterocycles. The van der Waals surface area contributed by atoms with Gasteiger partial charge >= 0.3 is 0 Å². The second-order valence-corrected chi connectivity index (χ2v) is 13.1. The molecule has 2 saturated heterocycles. The first-order valence-corrected chi connectivity index (χ1v) is 15.8. The zero-order chi connectivity index (χ0) is 26.5. The highest BCUT2D eigenvalue weighted by Crippen LogP contribution is 2.32. The van der Waals surface area contributed by atoms with Crippen LogP contribution in [0, 0.1) is 11.8 Å². The Bertz CT molecular complexity index is 1150. The van der Waals surface area contributed by atoms with Gasteiger partial charge in [-0.1, -0.05) is 19.1 Å². The highest BCUT2D eigenvalue weighted by molar-refractivity contribution is 7.88. The van der Waals surface area contributed by atoms with Crippen molar-refractivity contribution in [2.45, 2.75) is 51.5 Å². The zero-order valence-corrected chi connectivity index (χ0v) is 23.5. The lowest BCUT2D eigenvalue weighted by molar-refractivity contribution is 0.122. The third-order valence-electron chi connectivity index (χ3n) is 8.16. The maximum Gasteiger partial charge on any atom is 0.226 e. The number of anilines is 2. The zero-order valence-electron chi connectivity index (χ0n) is 22.6. The van der Waals surface area contributed by atoms with E-state index < -0.39 is 10.0 Å². The van der Waals surface area contributed by atoms with Crippen molar-refractivity contribution in [2.24, 2.45) is 11.8 Å². The van der Waals surface area contributed by atoms with Crippen LogP contribution in [-0.2, 0) is 14.8 Å². The molecule has 10 heteroatoms. The van der Waals surface area contributed by atoms with E-state index in [1.165, 1.54) is 24.8 Å². The number of hydrogen-bond acceptors (Lipinski definition) is 8. The molecule has 1 aliphatic carbocycles. The van der Waals surface area contributed by atoms with Gasteiger partial charge in [-0.3, -0.25) is 0 Å². The fraction of sp³-hybridized carbons (Fsp3) is 0.643. The molecule has 1 N–H and O–H groups in total. The monoisotopic (exact) mass is 543 g/mol. The molecule has 3 fully saturated rings. The minimum atomic E-state index is -3.14. The van der Waals surface area contributed by atoms with Crippen molar-refractivity contribution in [2.75, 3.05) is 62.5 Å². The smallest absolute Gasteiger partial charge is 0.226 e. The minimum Gasteiger partial charge on any atom is -0.477 e. The average molecular weight is 544 g/mol. The lowest BCUT2D eigenvalue weighted by Crippen LogP contribution is -2.39. The van der Waals surface area contributed by atoms with E-state index in [9.17, 15) is 8.42 Å². The highest BCUT2D eigenvalue weighted by atomic mass is 32.2. The van der Waals surface area contributed by atoms with E-state index in [1.807, 2.05) is 6.20 Å². The van der Waals surface area contributed by atoms with Gasteiger partial charge in [-0.15, -0.1) is 0 Å². The second kappa shape index (κ2) is 12.2. The standard InChI is InChI=1S/C28H41N5O4S/c1-21-3-7-24(8-4-21)30-28-29-19-26(23-5-9-25(10-6-23)32-15-17-36-18-16-32)27(31-28)37-20-22-11-13-33(14-12-22)38(2,34)35/h5-6,9-10,19,21-22,24H,3-4,7-8,11-18,20H2,1-2H3,(H,29,30,31). The first kappa shape index (κ1) is 27.1. The Hall–Kier alpha value is -2.43. The molecule has 3 aliphatic rings. The summed E-state index contributed by atoms with van der Waals surface area (Å²) >= 11 is 0. The summed E-state index contributed by atoms with van der Waals surface area (Å²) in [7, 11) is -3.14. The van der Waals surface area contributed by atoms with Crippen molar-refractivity contribution in [3.63, 3.8) is 0 Å². The second-order valence-electron chi connectivity index (χ2n) is 11.1. The summed E-state index contributed by atoms with van der Waals surface area (Å²) in [6.45, 7) is 7.21. The summed E-state index contributed by atoms with van der Waals surface area (Å²) in [6, 6.07) is 8.88. The van der Waals surface area contributed by atoms with Gasteiger partial charge in [0, 0.05) is 44.1 Å². The Morgan fingerprint density at radius 1 is 1.00 bits per heavy atom. The fourth-order valence-electron chi connectivity index (χ4n) is 5.61. The quantitative estimate of drug-likeness (QED) is 0.533. The Balaban J connectivity index is 1.31. The Kier molecular flexibility index (Phi) is 8.70. The number of hydrogen-bond donors (Lipinski definition) is 1. The van der Waals surface area contributed by atoms with E-state index in [0.717, 1.165) is 69.0 Å². The Morgan fingerprint density at radius 3 is 2.34 bits per heavy atom. The van der Waals surface area contributed by atoms with Crippen molar-refractivity contribution in [3.05, 3.63) is 30.5 Å². The van der Waals surface area contributed by atoms with Crippen molar-refractivity contribution >= 4 is 21.7 Å². The molecular formula is C28H41N5O4S. The molecule has 0 radical (unpaired) electrons. The van der Waals surface area contributed by atoms with Gasteiger partial charge in [-0.25, -0.2) is 17.7 Å². The van der Waals surface area contributed by atoms with Crippen molar-refractivity contribution < 1.29 is 17.9 Å². The van der Waals surface area contributed by atoms with Crippen LogP contribution in [0.5, 0.6) is 5.88 Å². The number of benzene rings is 1. The van der Waals surface area contributed by atoms with E-state index in [4.69, 9.17) is 14.5 Å². The molecule has 0 bridgehead atoms. The number of morpholine rings is 1. The van der Waals surface area contributed by atoms with Gasteiger partial charge in [-0.05, 0) is 68.1 Å². The molecule has 2 aromatic rings. The third kappa shape index (κ3) is 6.95. The normalized spacial score (nSPS) is 23.8. The summed E-state index contributed by atoms with van der Waals surface area (Å²) in [6.07, 6.45) is 9.42. The average Bonchev–Trinajstić information content (AvgIpc) is 2.94. The Labute approximate surface area is 227 Å². The summed E-state index contributed by atoms with van der Waals surface area (Å²) < 4.78 is 37.2. The van der Waals surface area contributed by atoms with Crippen LogP contribution in [0.3, 0.4) is 0 Å². The third-order valence-corrected chi connectivity index (χ3v) is 9.46. The van der Waals surface area contributed by atoms with Crippen molar-refractivity contribution in [1.82, 2.24) is 14.3 Å². The number of piperidine rings is 1. The summed E-state index contributed by atoms with van der Waals surface area (Å²) in [5, 5.41) is 3.54. The first-order valence-electron chi connectivity index (χ1n) is 14.0. The maximum atomic E-state index is 11.9. The van der Waals surface area contributed by atoms with Crippen LogP contribution in [0.1, 0.15) is 45.4 Å². The number of nitrogens with zero attached hydrogens (tertiary/aromatic N) is 4. The van der Waals surface area contributed by atoms with Gasteiger partial charge in [0.1, 0.15) is 0 Å². The van der Waals surface area contributed by atoms with E-state index in [2.05, 4.69) is 46.4 Å². The molecule has 2 aliphatic heterocycles. The van der Waals surface area contributed by atoms with Gasteiger partial charge < -0.3 is 19.7 Å². The van der Waals surface area contributed by atoms with Gasteiger partial charge in [0.2, 0.25) is 21.9 Å².